The summed E-state index contributed by atoms with van der Waals surface area (Å²) in [6.45, 7) is 17.8. The van der Waals surface area contributed by atoms with Gasteiger partial charge in [0, 0.05) is 43.7 Å². The SMILES string of the molecule is C=CCN(CCC)C(=O)[C@@H]1[C@@H]2CC(C)C3(S2)C(C(=O)N(CC=C)c2cc(C)ccc2C)N(CCCCO)C(=O)[C@H]13. The first-order valence-corrected chi connectivity index (χ1v) is 15.5. The number of unbranched alkanes of at least 4 members (excludes halogenated alkanes) is 1. The number of likely N-dealkylation sites (tertiary alicyclic amines) is 1. The Bertz CT molecular complexity index is 1150. The van der Waals surface area contributed by atoms with E-state index < -0.39 is 22.6 Å². The molecular weight excluding hydrogens is 522 g/mol. The van der Waals surface area contributed by atoms with E-state index in [2.05, 4.69) is 20.1 Å². The molecule has 4 rings (SSSR count). The van der Waals surface area contributed by atoms with Gasteiger partial charge in [0.2, 0.25) is 11.8 Å². The van der Waals surface area contributed by atoms with Crippen molar-refractivity contribution < 1.29 is 19.5 Å². The van der Waals surface area contributed by atoms with Crippen LogP contribution in [0.3, 0.4) is 0 Å². The number of benzene rings is 1. The second-order valence-electron chi connectivity index (χ2n) is 11.6. The van der Waals surface area contributed by atoms with Gasteiger partial charge in [-0.2, -0.15) is 0 Å². The molecule has 6 atom stereocenters. The number of thioether (sulfide) groups is 1. The highest BCUT2D eigenvalue weighted by Crippen LogP contribution is 2.69. The van der Waals surface area contributed by atoms with Gasteiger partial charge in [-0.3, -0.25) is 14.4 Å². The number of aliphatic hydroxyl groups is 1. The second kappa shape index (κ2) is 12.5. The van der Waals surface area contributed by atoms with Crippen molar-refractivity contribution in [3.63, 3.8) is 0 Å². The number of anilines is 1. The zero-order valence-corrected chi connectivity index (χ0v) is 25.3. The average Bonchev–Trinajstić information content (AvgIpc) is 3.52. The lowest BCUT2D eigenvalue weighted by atomic mass is 9.65. The molecular formula is C32H45N3O4S. The van der Waals surface area contributed by atoms with Crippen LogP contribution in [-0.4, -0.2) is 81.5 Å². The quantitative estimate of drug-likeness (QED) is 0.283. The molecule has 0 aromatic heterocycles. The first kappa shape index (κ1) is 30.4. The molecule has 1 N–H and O–H groups in total. The van der Waals surface area contributed by atoms with Gasteiger partial charge in [0.25, 0.3) is 5.91 Å². The number of carbonyl (C=O) groups excluding carboxylic acids is 3. The van der Waals surface area contributed by atoms with E-state index in [1.54, 1.807) is 33.7 Å². The summed E-state index contributed by atoms with van der Waals surface area (Å²) < 4.78 is -0.679. The van der Waals surface area contributed by atoms with Crippen LogP contribution in [0.25, 0.3) is 0 Å². The standard InChI is InChI=1S/C32H45N3O4S/c1-7-14-33(15-8-2)29(37)26-25-20-23(6)32(40-25)27(26)30(38)35(17-10-11-18-36)28(32)31(39)34(16-9-3)24-19-21(4)12-13-22(24)5/h7,9,12-13,19,23,25-28,36H,1,3,8,10-11,14-18,20H2,2,4-6H3/t23?,25-,26+,27-,28?,32?/m0/s1. The van der Waals surface area contributed by atoms with Crippen molar-refractivity contribution in [2.45, 2.75) is 69.4 Å². The molecule has 7 nitrogen and oxygen atoms in total. The van der Waals surface area contributed by atoms with Crippen molar-refractivity contribution >= 4 is 35.2 Å². The molecule has 0 aliphatic carbocycles. The minimum Gasteiger partial charge on any atom is -0.396 e. The zero-order valence-electron chi connectivity index (χ0n) is 24.5. The Balaban J connectivity index is 1.81. The van der Waals surface area contributed by atoms with E-state index in [-0.39, 0.29) is 35.5 Å². The molecule has 3 aliphatic rings. The molecule has 0 saturated carbocycles. The summed E-state index contributed by atoms with van der Waals surface area (Å²) in [7, 11) is 0. The van der Waals surface area contributed by atoms with Crippen molar-refractivity contribution in [3.8, 4) is 0 Å². The Kier molecular flexibility index (Phi) is 9.51. The number of hydrogen-bond acceptors (Lipinski definition) is 5. The molecule has 8 heteroatoms. The number of carbonyl (C=O) groups is 3. The highest BCUT2D eigenvalue weighted by molar-refractivity contribution is 8.02. The summed E-state index contributed by atoms with van der Waals surface area (Å²) in [6.07, 6.45) is 6.25. The third-order valence-electron chi connectivity index (χ3n) is 8.96. The number of rotatable bonds is 13. The lowest BCUT2D eigenvalue weighted by Gasteiger charge is -2.41. The Labute approximate surface area is 243 Å². The largest absolute Gasteiger partial charge is 0.396 e. The minimum absolute atomic E-state index is 0.00377. The molecule has 3 heterocycles. The maximum absolute atomic E-state index is 14.8. The monoisotopic (exact) mass is 567 g/mol. The summed E-state index contributed by atoms with van der Waals surface area (Å²) in [5.41, 5.74) is 2.86. The Morgan fingerprint density at radius 1 is 1.18 bits per heavy atom. The van der Waals surface area contributed by atoms with E-state index in [0.29, 0.717) is 39.0 Å². The van der Waals surface area contributed by atoms with E-state index in [9.17, 15) is 19.5 Å². The molecule has 1 aromatic rings. The van der Waals surface area contributed by atoms with Gasteiger partial charge in [-0.15, -0.1) is 24.9 Å². The summed E-state index contributed by atoms with van der Waals surface area (Å²) in [4.78, 5) is 48.6. The van der Waals surface area contributed by atoms with Crippen LogP contribution in [0.15, 0.2) is 43.5 Å². The third kappa shape index (κ3) is 5.02. The number of hydrogen-bond donors (Lipinski definition) is 1. The molecule has 3 amide bonds. The minimum atomic E-state index is -0.689. The van der Waals surface area contributed by atoms with E-state index in [1.165, 1.54) is 0 Å². The van der Waals surface area contributed by atoms with Crippen LogP contribution in [0.1, 0.15) is 50.7 Å². The van der Waals surface area contributed by atoms with Crippen molar-refractivity contribution in [1.82, 2.24) is 9.80 Å². The van der Waals surface area contributed by atoms with Gasteiger partial charge in [-0.25, -0.2) is 0 Å². The van der Waals surface area contributed by atoms with Crippen LogP contribution in [0, 0.1) is 31.6 Å². The van der Waals surface area contributed by atoms with E-state index in [0.717, 1.165) is 29.7 Å². The topological polar surface area (TPSA) is 81.2 Å². The second-order valence-corrected chi connectivity index (χ2v) is 13.2. The van der Waals surface area contributed by atoms with Crippen LogP contribution in [0.4, 0.5) is 5.69 Å². The summed E-state index contributed by atoms with van der Waals surface area (Å²) in [6, 6.07) is 5.38. The van der Waals surface area contributed by atoms with Crippen molar-refractivity contribution in [1.29, 1.82) is 0 Å². The van der Waals surface area contributed by atoms with Crippen LogP contribution < -0.4 is 4.90 Å². The van der Waals surface area contributed by atoms with Gasteiger partial charge >= 0.3 is 0 Å². The summed E-state index contributed by atoms with van der Waals surface area (Å²) in [5.74, 6) is -1.10. The molecule has 3 aliphatic heterocycles. The molecule has 3 unspecified atom stereocenters. The first-order chi connectivity index (χ1) is 19.2. The van der Waals surface area contributed by atoms with Gasteiger partial charge < -0.3 is 19.8 Å². The van der Waals surface area contributed by atoms with E-state index in [1.807, 2.05) is 43.9 Å². The lowest BCUT2D eigenvalue weighted by molar-refractivity contribution is -0.144. The maximum Gasteiger partial charge on any atom is 0.251 e. The van der Waals surface area contributed by atoms with Gasteiger partial charge in [0.05, 0.1) is 16.6 Å². The predicted molar refractivity (Wildman–Crippen MR) is 162 cm³/mol. The number of aryl methyl sites for hydroxylation is 2. The van der Waals surface area contributed by atoms with Gasteiger partial charge in [0.15, 0.2) is 0 Å². The number of nitrogens with zero attached hydrogens (tertiary/aromatic N) is 3. The Morgan fingerprint density at radius 3 is 2.55 bits per heavy atom. The van der Waals surface area contributed by atoms with Crippen LogP contribution in [-0.2, 0) is 14.4 Å². The van der Waals surface area contributed by atoms with Crippen molar-refractivity contribution in [2.75, 3.05) is 37.7 Å². The smallest absolute Gasteiger partial charge is 0.251 e. The van der Waals surface area contributed by atoms with E-state index in [4.69, 9.17) is 0 Å². The molecule has 218 valence electrons. The zero-order chi connectivity index (χ0) is 29.2. The molecule has 40 heavy (non-hydrogen) atoms. The fraction of sp³-hybridized carbons (Fsp3) is 0.594. The van der Waals surface area contributed by atoms with Crippen LogP contribution in [0.5, 0.6) is 0 Å². The molecule has 3 saturated heterocycles. The number of aliphatic hydroxyl groups excluding tert-OH is 1. The average molecular weight is 568 g/mol. The summed E-state index contributed by atoms with van der Waals surface area (Å²) >= 11 is 1.71. The van der Waals surface area contributed by atoms with Crippen molar-refractivity contribution in [2.24, 2.45) is 17.8 Å². The highest BCUT2D eigenvalue weighted by Gasteiger charge is 2.76. The van der Waals surface area contributed by atoms with Gasteiger partial charge in [-0.1, -0.05) is 38.1 Å². The Morgan fingerprint density at radius 2 is 1.90 bits per heavy atom. The molecule has 1 spiro atoms. The molecule has 1 aromatic carbocycles. The first-order valence-electron chi connectivity index (χ1n) is 14.7. The fourth-order valence-corrected chi connectivity index (χ4v) is 9.65. The fourth-order valence-electron chi connectivity index (χ4n) is 7.24. The maximum atomic E-state index is 14.8. The molecule has 3 fully saturated rings. The summed E-state index contributed by atoms with van der Waals surface area (Å²) in [5, 5.41) is 9.48. The lowest BCUT2D eigenvalue weighted by Crippen LogP contribution is -2.57. The van der Waals surface area contributed by atoms with Crippen LogP contribution in [0.2, 0.25) is 0 Å². The molecule has 2 bridgehead atoms. The number of fused-ring (bicyclic) bond motifs is 1. The highest BCUT2D eigenvalue weighted by atomic mass is 32.2. The Hall–Kier alpha value is -2.58. The molecule has 0 radical (unpaired) electrons. The predicted octanol–water partition coefficient (Wildman–Crippen LogP) is 4.36. The number of amides is 3. The van der Waals surface area contributed by atoms with Gasteiger partial charge in [0.1, 0.15) is 6.04 Å². The van der Waals surface area contributed by atoms with E-state index >= 15 is 0 Å². The van der Waals surface area contributed by atoms with Crippen molar-refractivity contribution in [3.05, 3.63) is 54.6 Å². The van der Waals surface area contributed by atoms with Crippen LogP contribution >= 0.6 is 11.8 Å². The normalized spacial score (nSPS) is 28.5. The third-order valence-corrected chi connectivity index (χ3v) is 11.0. The van der Waals surface area contributed by atoms with Gasteiger partial charge in [-0.05, 0) is 62.6 Å².